The summed E-state index contributed by atoms with van der Waals surface area (Å²) in [5.74, 6) is 0. The van der Waals surface area contributed by atoms with E-state index < -0.39 is 0 Å². The van der Waals surface area contributed by atoms with Crippen molar-refractivity contribution in [1.82, 2.24) is 0 Å². The molecule has 20 valence electrons. The molecule has 0 aliphatic rings. The summed E-state index contributed by atoms with van der Waals surface area (Å²) >= 11 is 0. The molecule has 0 fully saturated rings. The van der Waals surface area contributed by atoms with Crippen molar-refractivity contribution in [3.63, 3.8) is 0 Å². The van der Waals surface area contributed by atoms with E-state index in [0.29, 0.717) is 0 Å². The van der Waals surface area contributed by atoms with Gasteiger partial charge in [-0.1, -0.05) is 0 Å². The molecule has 0 saturated heterocycles. The Hall–Kier alpha value is 3.02. The van der Waals surface area contributed by atoms with E-state index in [1.54, 1.807) is 0 Å². The number of hydrogen-bond donors (Lipinski definition) is 0. The first-order valence-corrected chi connectivity index (χ1v) is 0. The molecular formula is RuSnTiZr. The van der Waals surface area contributed by atoms with Gasteiger partial charge in [0.25, 0.3) is 0 Å². The molecule has 0 nitrogen and oxygen atoms in total. The topological polar surface area (TPSA) is 0 Å². The molecule has 0 saturated carbocycles. The third-order valence-corrected chi connectivity index (χ3v) is 0. The van der Waals surface area contributed by atoms with Gasteiger partial charge in [-0.3, -0.25) is 0 Å². The van der Waals surface area contributed by atoms with E-state index in [1.165, 1.54) is 0 Å². The number of rotatable bonds is 0. The minimum absolute atomic E-state index is 0. The second-order valence-corrected chi connectivity index (χ2v) is 0. The predicted molar refractivity (Wildman–Crippen MR) is 5.75 cm³/mol. The van der Waals surface area contributed by atoms with Gasteiger partial charge in [0.1, 0.15) is 0 Å². The fourth-order valence-corrected chi connectivity index (χ4v) is 0. The van der Waals surface area contributed by atoms with Crippen molar-refractivity contribution in [1.29, 1.82) is 0 Å². The van der Waals surface area contributed by atoms with Crippen molar-refractivity contribution >= 4 is 23.9 Å². The first-order chi connectivity index (χ1) is 0. The summed E-state index contributed by atoms with van der Waals surface area (Å²) in [6.45, 7) is 0. The smallest absolute Gasteiger partial charge is 0 e. The van der Waals surface area contributed by atoms with Gasteiger partial charge < -0.3 is 0 Å². The van der Waals surface area contributed by atoms with Gasteiger partial charge in [0.15, 0.2) is 0 Å². The van der Waals surface area contributed by atoms with Crippen molar-refractivity contribution in [3.8, 4) is 0 Å². The Balaban J connectivity index is 0. The van der Waals surface area contributed by atoms with Crippen molar-refractivity contribution in [2.24, 2.45) is 0 Å². The molecule has 0 atom stereocenters. The van der Waals surface area contributed by atoms with Crippen molar-refractivity contribution in [2.75, 3.05) is 0 Å². The SMILES string of the molecule is [Ru].[Sn].[Ti].[Zr]. The van der Waals surface area contributed by atoms with E-state index in [9.17, 15) is 0 Å². The average Bonchev–Trinajstić information content (AvgIpc) is 0. The molecule has 4 radical (unpaired) electrons. The molecule has 0 amide bonds. The molecule has 0 aromatic heterocycles. The van der Waals surface area contributed by atoms with Gasteiger partial charge in [-0.05, 0) is 0 Å². The molecule has 0 rings (SSSR count). The van der Waals surface area contributed by atoms with E-state index in [2.05, 4.69) is 0 Å². The summed E-state index contributed by atoms with van der Waals surface area (Å²) in [6, 6.07) is 0. The molecule has 4 heavy (non-hydrogen) atoms. The zero-order valence-electron chi connectivity index (χ0n) is 1.85. The van der Waals surface area contributed by atoms with E-state index >= 15 is 0 Å². The van der Waals surface area contributed by atoms with Crippen LogP contribution in [0.5, 0.6) is 0 Å². The predicted octanol–water partition coefficient (Wildman–Crippen LogP) is -0.388. The Morgan fingerprint density at radius 3 is 1.00 bits per heavy atom. The van der Waals surface area contributed by atoms with Gasteiger partial charge in [0.2, 0.25) is 0 Å². The molecule has 0 heterocycles. The fourth-order valence-electron chi connectivity index (χ4n) is 0. The van der Waals surface area contributed by atoms with Crippen molar-refractivity contribution < 1.29 is 67.4 Å². The summed E-state index contributed by atoms with van der Waals surface area (Å²) < 4.78 is 0. The van der Waals surface area contributed by atoms with Crippen LogP contribution < -0.4 is 0 Å². The van der Waals surface area contributed by atoms with Crippen molar-refractivity contribution in [3.05, 3.63) is 0 Å². The van der Waals surface area contributed by atoms with Gasteiger partial charge >= 0.3 is 0 Å². The summed E-state index contributed by atoms with van der Waals surface area (Å²) in [5.41, 5.74) is 0. The maximum atomic E-state index is 0. The van der Waals surface area contributed by atoms with Crippen molar-refractivity contribution in [2.45, 2.75) is 0 Å². The molecule has 0 bridgehead atoms. The first-order valence-electron chi connectivity index (χ1n) is 0. The fraction of sp³-hybridized carbons (Fsp3) is 0. The van der Waals surface area contributed by atoms with Crippen LogP contribution in [0, 0.1) is 0 Å². The van der Waals surface area contributed by atoms with E-state index in [4.69, 9.17) is 0 Å². The minimum Gasteiger partial charge on any atom is 0 e. The van der Waals surface area contributed by atoms with Crippen LogP contribution in [-0.4, -0.2) is 23.9 Å². The van der Waals surface area contributed by atoms with Gasteiger partial charge in [-0.15, -0.1) is 0 Å². The maximum Gasteiger partial charge on any atom is 0 e. The second kappa shape index (κ2) is 16.6. The van der Waals surface area contributed by atoms with Crippen LogP contribution in [0.1, 0.15) is 0 Å². The zero-order valence-corrected chi connectivity index (χ0v) is 10.5. The minimum atomic E-state index is 0. The van der Waals surface area contributed by atoms with E-state index in [0.717, 1.165) is 0 Å². The Morgan fingerprint density at radius 1 is 1.00 bits per heavy atom. The average molecular weight is 359 g/mol. The van der Waals surface area contributed by atoms with Gasteiger partial charge in [0, 0.05) is 91.3 Å². The summed E-state index contributed by atoms with van der Waals surface area (Å²) in [7, 11) is 0. The van der Waals surface area contributed by atoms with Gasteiger partial charge in [-0.2, -0.15) is 0 Å². The zero-order chi connectivity index (χ0) is 0. The number of hydrogen-bond acceptors (Lipinski definition) is 0. The van der Waals surface area contributed by atoms with E-state index in [1.807, 2.05) is 0 Å². The molecular weight excluding hydrogens is 359 g/mol. The van der Waals surface area contributed by atoms with Crippen LogP contribution in [0.15, 0.2) is 0 Å². The molecule has 4 heteroatoms. The Kier molecular flexibility index (Phi) is 116. The van der Waals surface area contributed by atoms with Gasteiger partial charge in [-0.25, -0.2) is 0 Å². The van der Waals surface area contributed by atoms with Crippen LogP contribution in [0.3, 0.4) is 0 Å². The molecule has 0 aromatic rings. The third kappa shape index (κ3) is 8.89. The molecule has 0 aliphatic heterocycles. The van der Waals surface area contributed by atoms with Gasteiger partial charge in [0.05, 0.1) is 0 Å². The summed E-state index contributed by atoms with van der Waals surface area (Å²) in [6.07, 6.45) is 0. The van der Waals surface area contributed by atoms with Crippen LogP contribution in [-0.2, 0) is 67.4 Å². The monoisotopic (exact) mass is 360 g/mol. The Bertz CT molecular complexity index is 8.00. The van der Waals surface area contributed by atoms with Crippen LogP contribution in [0.2, 0.25) is 0 Å². The normalized spacial score (nSPS) is 0. The first kappa shape index (κ1) is 27.9. The summed E-state index contributed by atoms with van der Waals surface area (Å²) in [5, 5.41) is 0. The van der Waals surface area contributed by atoms with Crippen LogP contribution in [0.4, 0.5) is 0 Å². The quantitative estimate of drug-likeness (QED) is 0.518. The third-order valence-electron chi connectivity index (χ3n) is 0. The summed E-state index contributed by atoms with van der Waals surface area (Å²) in [4.78, 5) is 0. The Morgan fingerprint density at radius 2 is 1.00 bits per heavy atom. The standard InChI is InChI=1S/Ru.Sn.Ti.Zr. The second-order valence-electron chi connectivity index (χ2n) is 0. The molecule has 0 N–H and O–H groups in total. The molecule has 0 aromatic carbocycles. The van der Waals surface area contributed by atoms with Crippen LogP contribution >= 0.6 is 0 Å². The molecule has 0 aliphatic carbocycles. The molecule has 0 unspecified atom stereocenters. The largest absolute Gasteiger partial charge is 0 e. The Labute approximate surface area is 89.6 Å². The maximum absolute atomic E-state index is 0. The van der Waals surface area contributed by atoms with E-state index in [-0.39, 0.29) is 91.3 Å². The molecule has 0 spiro atoms. The van der Waals surface area contributed by atoms with Crippen LogP contribution in [0.25, 0.3) is 0 Å².